The van der Waals surface area contributed by atoms with Gasteiger partial charge in [0.15, 0.2) is 16.8 Å². The SMILES string of the molecule is Cc1ccc(C(=O)[C@@H](Sc2nnc(-c3ccccc3F)n2C2CCCCC2)c2ccc(C)cc2)cc1. The molecular weight excluding hydrogens is 469 g/mol. The van der Waals surface area contributed by atoms with Gasteiger partial charge in [-0.05, 0) is 44.4 Å². The Morgan fingerprint density at radius 1 is 0.889 bits per heavy atom. The second kappa shape index (κ2) is 10.8. The zero-order valence-corrected chi connectivity index (χ0v) is 21.5. The lowest BCUT2D eigenvalue weighted by Crippen LogP contribution is -2.17. The molecule has 4 aromatic rings. The molecule has 6 heteroatoms. The Morgan fingerprint density at radius 2 is 1.53 bits per heavy atom. The third-order valence-electron chi connectivity index (χ3n) is 6.90. The Balaban J connectivity index is 1.59. The van der Waals surface area contributed by atoms with E-state index in [-0.39, 0.29) is 17.6 Å². The van der Waals surface area contributed by atoms with E-state index in [1.54, 1.807) is 12.1 Å². The molecule has 0 unspecified atom stereocenters. The number of carbonyl (C=O) groups excluding carboxylic acids is 1. The summed E-state index contributed by atoms with van der Waals surface area (Å²) in [6.07, 6.45) is 5.43. The molecule has 0 spiro atoms. The van der Waals surface area contributed by atoms with Gasteiger partial charge < -0.3 is 0 Å². The highest BCUT2D eigenvalue weighted by Gasteiger charge is 2.30. The molecule has 0 bridgehead atoms. The van der Waals surface area contributed by atoms with Gasteiger partial charge in [-0.3, -0.25) is 9.36 Å². The molecule has 0 saturated heterocycles. The van der Waals surface area contributed by atoms with Crippen LogP contribution in [0.1, 0.15) is 70.4 Å². The van der Waals surface area contributed by atoms with E-state index in [4.69, 9.17) is 0 Å². The summed E-state index contributed by atoms with van der Waals surface area (Å²) >= 11 is 1.41. The average molecular weight is 500 g/mol. The van der Waals surface area contributed by atoms with Gasteiger partial charge in [-0.25, -0.2) is 4.39 Å². The summed E-state index contributed by atoms with van der Waals surface area (Å²) in [7, 11) is 0. The predicted molar refractivity (Wildman–Crippen MR) is 143 cm³/mol. The fraction of sp³-hybridized carbons (Fsp3) is 0.300. The largest absolute Gasteiger partial charge is 0.299 e. The first kappa shape index (κ1) is 24.4. The summed E-state index contributed by atoms with van der Waals surface area (Å²) < 4.78 is 16.9. The van der Waals surface area contributed by atoms with Crippen molar-refractivity contribution in [1.82, 2.24) is 14.8 Å². The molecule has 1 heterocycles. The highest BCUT2D eigenvalue weighted by atomic mass is 32.2. The molecule has 0 aliphatic heterocycles. The lowest BCUT2D eigenvalue weighted by molar-refractivity contribution is 0.0989. The van der Waals surface area contributed by atoms with E-state index >= 15 is 0 Å². The number of halogens is 1. The summed E-state index contributed by atoms with van der Waals surface area (Å²) in [5.74, 6) is 0.242. The van der Waals surface area contributed by atoms with E-state index < -0.39 is 5.25 Å². The molecule has 1 aliphatic carbocycles. The molecule has 1 aliphatic rings. The molecule has 1 saturated carbocycles. The second-order valence-corrected chi connectivity index (χ2v) is 10.7. The van der Waals surface area contributed by atoms with Crippen molar-refractivity contribution in [3.05, 3.63) is 101 Å². The molecule has 4 nitrogen and oxygen atoms in total. The van der Waals surface area contributed by atoms with E-state index in [0.717, 1.165) is 42.4 Å². The van der Waals surface area contributed by atoms with E-state index in [1.807, 2.05) is 68.4 Å². The van der Waals surface area contributed by atoms with Crippen molar-refractivity contribution in [3.63, 3.8) is 0 Å². The van der Waals surface area contributed by atoms with Crippen LogP contribution in [0.15, 0.2) is 78.0 Å². The maximum atomic E-state index is 14.8. The van der Waals surface area contributed by atoms with Crippen molar-refractivity contribution in [2.45, 2.75) is 62.4 Å². The molecule has 5 rings (SSSR count). The smallest absolute Gasteiger partial charge is 0.192 e. The molecule has 3 aromatic carbocycles. The van der Waals surface area contributed by atoms with Gasteiger partial charge in [-0.15, -0.1) is 10.2 Å². The number of aromatic nitrogens is 3. The number of Topliss-reactive ketones (excluding diaryl/α,β-unsaturated/α-hetero) is 1. The third kappa shape index (κ3) is 5.14. The topological polar surface area (TPSA) is 47.8 Å². The highest BCUT2D eigenvalue weighted by molar-refractivity contribution is 8.00. The van der Waals surface area contributed by atoms with E-state index in [9.17, 15) is 9.18 Å². The first-order chi connectivity index (χ1) is 17.5. The molecule has 0 radical (unpaired) electrons. The standard InChI is InChI=1S/C30H30FN3OS/c1-20-12-16-22(17-13-20)27(35)28(23-18-14-21(2)15-19-23)36-30-33-32-29(25-10-6-7-11-26(25)31)34(30)24-8-4-3-5-9-24/h6-7,10-19,24,28H,3-5,8-9H2,1-2H3/t28-/m0/s1. The van der Waals surface area contributed by atoms with E-state index in [0.29, 0.717) is 22.1 Å². The number of benzene rings is 3. The predicted octanol–water partition coefficient (Wildman–Crippen LogP) is 7.92. The quantitative estimate of drug-likeness (QED) is 0.191. The number of ketones is 1. The second-order valence-electron chi connectivity index (χ2n) is 9.59. The summed E-state index contributed by atoms with van der Waals surface area (Å²) in [4.78, 5) is 13.8. The summed E-state index contributed by atoms with van der Waals surface area (Å²) in [5, 5.41) is 9.17. The fourth-order valence-electron chi connectivity index (χ4n) is 4.84. The van der Waals surface area contributed by atoms with Gasteiger partial charge >= 0.3 is 0 Å². The molecule has 184 valence electrons. The minimum absolute atomic E-state index is 0.0227. The first-order valence-electron chi connectivity index (χ1n) is 12.5. The van der Waals surface area contributed by atoms with Crippen molar-refractivity contribution >= 4 is 17.5 Å². The van der Waals surface area contributed by atoms with Crippen LogP contribution in [0.5, 0.6) is 0 Å². The maximum Gasteiger partial charge on any atom is 0.192 e. The average Bonchev–Trinajstić information content (AvgIpc) is 3.32. The molecule has 1 aromatic heterocycles. The van der Waals surface area contributed by atoms with Crippen LogP contribution in [0.2, 0.25) is 0 Å². The minimum Gasteiger partial charge on any atom is -0.299 e. The molecule has 1 atom stereocenters. The van der Waals surface area contributed by atoms with Gasteiger partial charge in [-0.1, -0.05) is 103 Å². The van der Waals surface area contributed by atoms with Crippen LogP contribution in [0.3, 0.4) is 0 Å². The van der Waals surface area contributed by atoms with Crippen LogP contribution in [-0.2, 0) is 0 Å². The monoisotopic (exact) mass is 499 g/mol. The van der Waals surface area contributed by atoms with Crippen LogP contribution in [0.25, 0.3) is 11.4 Å². The van der Waals surface area contributed by atoms with Gasteiger partial charge in [-0.2, -0.15) is 0 Å². The summed E-state index contributed by atoms with van der Waals surface area (Å²) in [5.41, 5.74) is 4.27. The molecule has 0 amide bonds. The Kier molecular flexibility index (Phi) is 7.33. The normalized spacial score (nSPS) is 15.1. The Bertz CT molecular complexity index is 1340. The van der Waals surface area contributed by atoms with Crippen LogP contribution >= 0.6 is 11.8 Å². The van der Waals surface area contributed by atoms with Crippen molar-refractivity contribution in [2.75, 3.05) is 0 Å². The van der Waals surface area contributed by atoms with Gasteiger partial charge in [0.25, 0.3) is 0 Å². The van der Waals surface area contributed by atoms with Gasteiger partial charge in [0.2, 0.25) is 0 Å². The van der Waals surface area contributed by atoms with Crippen LogP contribution in [0, 0.1) is 19.7 Å². The Labute approximate surface area is 216 Å². The summed E-state index contributed by atoms with van der Waals surface area (Å²) in [6, 6.07) is 22.7. The Hall–Kier alpha value is -3.25. The van der Waals surface area contributed by atoms with Crippen molar-refractivity contribution in [1.29, 1.82) is 0 Å². The molecule has 0 N–H and O–H groups in total. The van der Waals surface area contributed by atoms with Gasteiger partial charge in [0.1, 0.15) is 11.1 Å². The zero-order valence-electron chi connectivity index (χ0n) is 20.7. The van der Waals surface area contributed by atoms with Crippen LogP contribution in [-0.4, -0.2) is 20.5 Å². The van der Waals surface area contributed by atoms with Crippen molar-refractivity contribution in [3.8, 4) is 11.4 Å². The molecular formula is C30H30FN3OS. The fourth-order valence-corrected chi connectivity index (χ4v) is 6.03. The number of rotatable bonds is 7. The lowest BCUT2D eigenvalue weighted by Gasteiger charge is -2.26. The van der Waals surface area contributed by atoms with E-state index in [1.165, 1.54) is 24.2 Å². The van der Waals surface area contributed by atoms with E-state index in [2.05, 4.69) is 14.8 Å². The van der Waals surface area contributed by atoms with Crippen LogP contribution in [0.4, 0.5) is 4.39 Å². The number of hydrogen-bond donors (Lipinski definition) is 0. The number of nitrogens with zero attached hydrogens (tertiary/aromatic N) is 3. The highest BCUT2D eigenvalue weighted by Crippen LogP contribution is 2.42. The Morgan fingerprint density at radius 3 is 2.19 bits per heavy atom. The molecule has 1 fully saturated rings. The number of carbonyl (C=O) groups is 1. The summed E-state index contributed by atoms with van der Waals surface area (Å²) in [6.45, 7) is 4.05. The van der Waals surface area contributed by atoms with Gasteiger partial charge in [0, 0.05) is 11.6 Å². The van der Waals surface area contributed by atoms with Crippen molar-refractivity contribution < 1.29 is 9.18 Å². The third-order valence-corrected chi connectivity index (χ3v) is 8.11. The lowest BCUT2D eigenvalue weighted by atomic mass is 9.95. The van der Waals surface area contributed by atoms with Crippen molar-refractivity contribution in [2.24, 2.45) is 0 Å². The molecule has 36 heavy (non-hydrogen) atoms. The maximum absolute atomic E-state index is 14.8. The minimum atomic E-state index is -0.492. The van der Waals surface area contributed by atoms with Gasteiger partial charge in [0.05, 0.1) is 5.56 Å². The first-order valence-corrected chi connectivity index (χ1v) is 13.4. The number of hydrogen-bond acceptors (Lipinski definition) is 4. The zero-order chi connectivity index (χ0) is 25.1. The van der Waals surface area contributed by atoms with Crippen LogP contribution < -0.4 is 0 Å². The number of thioether (sulfide) groups is 1. The number of aryl methyl sites for hydroxylation is 2.